The van der Waals surface area contributed by atoms with E-state index in [-0.39, 0.29) is 16.5 Å². The third-order valence-corrected chi connectivity index (χ3v) is 4.21. The van der Waals surface area contributed by atoms with Crippen LogP contribution >= 0.6 is 11.6 Å². The van der Waals surface area contributed by atoms with Crippen molar-refractivity contribution in [3.63, 3.8) is 0 Å². The summed E-state index contributed by atoms with van der Waals surface area (Å²) < 4.78 is 13.6. The molecule has 0 fully saturated rings. The number of likely N-dealkylation sites (N-methyl/N-ethyl adjacent to an activating group) is 1. The summed E-state index contributed by atoms with van der Waals surface area (Å²) in [5.41, 5.74) is 6.87. The number of rotatable bonds is 4. The molecule has 108 valence electrons. The molecule has 1 rings (SSSR count). The number of benzene rings is 1. The van der Waals surface area contributed by atoms with E-state index < -0.39 is 5.82 Å². The molecule has 2 nitrogen and oxygen atoms in total. The molecule has 0 radical (unpaired) electrons. The van der Waals surface area contributed by atoms with Gasteiger partial charge in [-0.2, -0.15) is 0 Å². The predicted molar refractivity (Wildman–Crippen MR) is 79.9 cm³/mol. The van der Waals surface area contributed by atoms with Gasteiger partial charge in [0.1, 0.15) is 5.82 Å². The number of nitrogens with zero attached hydrogens (tertiary/aromatic N) is 1. The van der Waals surface area contributed by atoms with Crippen molar-refractivity contribution in [1.82, 2.24) is 4.90 Å². The van der Waals surface area contributed by atoms with Crippen molar-refractivity contribution in [1.29, 1.82) is 0 Å². The van der Waals surface area contributed by atoms with Crippen LogP contribution in [0.2, 0.25) is 5.02 Å². The van der Waals surface area contributed by atoms with Crippen LogP contribution in [-0.2, 0) is 0 Å². The Morgan fingerprint density at radius 2 is 1.95 bits per heavy atom. The predicted octanol–water partition coefficient (Wildman–Crippen LogP) is 3.85. The Morgan fingerprint density at radius 1 is 1.37 bits per heavy atom. The largest absolute Gasteiger partial charge is 0.329 e. The molecule has 19 heavy (non-hydrogen) atoms. The van der Waals surface area contributed by atoms with Crippen molar-refractivity contribution < 1.29 is 4.39 Å². The minimum absolute atomic E-state index is 0.0130. The smallest absolute Gasteiger partial charge is 0.142 e. The second-order valence-electron chi connectivity index (χ2n) is 6.13. The zero-order valence-corrected chi connectivity index (χ0v) is 13.1. The Bertz CT molecular complexity index is 429. The van der Waals surface area contributed by atoms with Crippen molar-refractivity contribution in [2.75, 3.05) is 13.6 Å². The molecular formula is C15H24ClFN2. The summed E-state index contributed by atoms with van der Waals surface area (Å²) in [6, 6.07) is 5.21. The van der Waals surface area contributed by atoms with Crippen molar-refractivity contribution in [2.45, 2.75) is 39.8 Å². The molecule has 0 saturated heterocycles. The first kappa shape index (κ1) is 16.4. The SMILES string of the molecule is CC(N(C)C(CN)c1ccc(Cl)c(F)c1)C(C)(C)C. The molecule has 0 spiro atoms. The fourth-order valence-corrected chi connectivity index (χ4v) is 2.26. The van der Waals surface area contributed by atoms with Gasteiger partial charge in [0.25, 0.3) is 0 Å². The second kappa shape index (κ2) is 6.21. The number of hydrogen-bond donors (Lipinski definition) is 1. The van der Waals surface area contributed by atoms with Gasteiger partial charge < -0.3 is 5.73 Å². The Kier molecular flexibility index (Phi) is 5.36. The van der Waals surface area contributed by atoms with E-state index in [9.17, 15) is 4.39 Å². The summed E-state index contributed by atoms with van der Waals surface area (Å²) in [7, 11) is 2.03. The number of hydrogen-bond acceptors (Lipinski definition) is 2. The molecule has 2 N–H and O–H groups in total. The molecule has 0 bridgehead atoms. The fourth-order valence-electron chi connectivity index (χ4n) is 2.14. The van der Waals surface area contributed by atoms with Gasteiger partial charge in [-0.25, -0.2) is 4.39 Å². The molecule has 0 aliphatic rings. The maximum Gasteiger partial charge on any atom is 0.142 e. The average Bonchev–Trinajstić information content (AvgIpc) is 2.32. The molecular weight excluding hydrogens is 263 g/mol. The van der Waals surface area contributed by atoms with Gasteiger partial charge in [0.2, 0.25) is 0 Å². The van der Waals surface area contributed by atoms with Crippen LogP contribution in [0.15, 0.2) is 18.2 Å². The zero-order chi connectivity index (χ0) is 14.8. The van der Waals surface area contributed by atoms with Gasteiger partial charge in [0.05, 0.1) is 5.02 Å². The molecule has 1 aromatic rings. The minimum Gasteiger partial charge on any atom is -0.329 e. The summed E-state index contributed by atoms with van der Waals surface area (Å²) in [5.74, 6) is -0.394. The lowest BCUT2D eigenvalue weighted by atomic mass is 9.86. The first-order valence-corrected chi connectivity index (χ1v) is 6.93. The van der Waals surface area contributed by atoms with Crippen molar-refractivity contribution >= 4 is 11.6 Å². The summed E-state index contributed by atoms with van der Waals surface area (Å²) in [5, 5.41) is 0.144. The van der Waals surface area contributed by atoms with Gasteiger partial charge in [0.15, 0.2) is 0 Å². The van der Waals surface area contributed by atoms with Gasteiger partial charge in [-0.3, -0.25) is 4.90 Å². The highest BCUT2D eigenvalue weighted by atomic mass is 35.5. The fraction of sp³-hybridized carbons (Fsp3) is 0.600. The lowest BCUT2D eigenvalue weighted by Crippen LogP contribution is -2.43. The molecule has 0 aliphatic heterocycles. The first-order chi connectivity index (χ1) is 8.68. The summed E-state index contributed by atoms with van der Waals surface area (Å²) in [6.07, 6.45) is 0. The molecule has 0 amide bonds. The van der Waals surface area contributed by atoms with E-state index in [1.54, 1.807) is 6.07 Å². The third kappa shape index (κ3) is 3.91. The third-order valence-electron chi connectivity index (χ3n) is 3.91. The Labute approximate surface area is 120 Å². The van der Waals surface area contributed by atoms with Crippen molar-refractivity contribution in [3.05, 3.63) is 34.6 Å². The molecule has 2 atom stereocenters. The van der Waals surface area contributed by atoms with Crippen LogP contribution in [-0.4, -0.2) is 24.5 Å². The molecule has 4 heteroatoms. The van der Waals surface area contributed by atoms with Crippen LogP contribution < -0.4 is 5.73 Å². The van der Waals surface area contributed by atoms with E-state index in [0.29, 0.717) is 12.6 Å². The topological polar surface area (TPSA) is 29.3 Å². The molecule has 1 aromatic carbocycles. The Balaban J connectivity index is 3.03. The molecule has 0 heterocycles. The van der Waals surface area contributed by atoms with E-state index in [0.717, 1.165) is 5.56 Å². The minimum atomic E-state index is -0.394. The summed E-state index contributed by atoms with van der Waals surface area (Å²) in [4.78, 5) is 2.20. The van der Waals surface area contributed by atoms with Gasteiger partial charge in [-0.05, 0) is 37.1 Å². The molecule has 0 aliphatic carbocycles. The van der Waals surface area contributed by atoms with E-state index in [4.69, 9.17) is 17.3 Å². The van der Waals surface area contributed by atoms with Crippen molar-refractivity contribution in [2.24, 2.45) is 11.1 Å². The first-order valence-electron chi connectivity index (χ1n) is 6.55. The normalized spacial score (nSPS) is 15.6. The summed E-state index contributed by atoms with van der Waals surface area (Å²) >= 11 is 5.72. The van der Waals surface area contributed by atoms with Crippen LogP contribution in [0, 0.1) is 11.2 Å². The zero-order valence-electron chi connectivity index (χ0n) is 12.4. The standard InChI is InChI=1S/C15H24ClFN2/c1-10(15(2,3)4)19(5)14(9-18)11-6-7-12(16)13(17)8-11/h6-8,10,14H,9,18H2,1-5H3. The monoisotopic (exact) mass is 286 g/mol. The van der Waals surface area contributed by atoms with Crippen LogP contribution in [0.4, 0.5) is 4.39 Å². The van der Waals surface area contributed by atoms with E-state index in [1.165, 1.54) is 6.07 Å². The second-order valence-corrected chi connectivity index (χ2v) is 6.54. The quantitative estimate of drug-likeness (QED) is 0.911. The maximum atomic E-state index is 13.6. The lowest BCUT2D eigenvalue weighted by molar-refractivity contribution is 0.1000. The maximum absolute atomic E-state index is 13.6. The van der Waals surface area contributed by atoms with Crippen LogP contribution in [0.25, 0.3) is 0 Å². The Hall–Kier alpha value is -0.640. The molecule has 2 unspecified atom stereocenters. The molecule has 0 aromatic heterocycles. The van der Waals surface area contributed by atoms with Crippen LogP contribution in [0.1, 0.15) is 39.3 Å². The van der Waals surface area contributed by atoms with Gasteiger partial charge in [0, 0.05) is 18.6 Å². The lowest BCUT2D eigenvalue weighted by Gasteiger charge is -2.40. The van der Waals surface area contributed by atoms with Crippen molar-refractivity contribution in [3.8, 4) is 0 Å². The van der Waals surface area contributed by atoms with Gasteiger partial charge >= 0.3 is 0 Å². The molecule has 0 saturated carbocycles. The van der Waals surface area contributed by atoms with Gasteiger partial charge in [-0.15, -0.1) is 0 Å². The Morgan fingerprint density at radius 3 is 2.37 bits per heavy atom. The van der Waals surface area contributed by atoms with Crippen LogP contribution in [0.3, 0.4) is 0 Å². The highest BCUT2D eigenvalue weighted by Gasteiger charge is 2.29. The van der Waals surface area contributed by atoms with E-state index in [1.807, 2.05) is 13.1 Å². The highest BCUT2D eigenvalue weighted by Crippen LogP contribution is 2.30. The van der Waals surface area contributed by atoms with E-state index in [2.05, 4.69) is 32.6 Å². The van der Waals surface area contributed by atoms with Gasteiger partial charge in [-0.1, -0.05) is 38.4 Å². The number of nitrogens with two attached hydrogens (primary N) is 1. The highest BCUT2D eigenvalue weighted by molar-refractivity contribution is 6.30. The van der Waals surface area contributed by atoms with Crippen LogP contribution in [0.5, 0.6) is 0 Å². The summed E-state index contributed by atoms with van der Waals surface area (Å²) in [6.45, 7) is 9.16. The average molecular weight is 287 g/mol. The number of halogens is 2. The van der Waals surface area contributed by atoms with E-state index >= 15 is 0 Å².